The molecular formula is C9H13IO2. The van der Waals surface area contributed by atoms with Crippen LogP contribution in [0, 0.1) is 5.92 Å². The minimum Gasteiger partial charge on any atom is -0.469 e. The van der Waals surface area contributed by atoms with Crippen LogP contribution in [0.2, 0.25) is 0 Å². The Kier molecular flexibility index (Phi) is 4.50. The number of hydrogen-bond acceptors (Lipinski definition) is 2. The van der Waals surface area contributed by atoms with E-state index in [2.05, 4.69) is 18.9 Å². The van der Waals surface area contributed by atoms with Crippen LogP contribution in [0.25, 0.3) is 0 Å². The van der Waals surface area contributed by atoms with Crippen molar-refractivity contribution in [2.75, 3.05) is 7.11 Å². The third-order valence-corrected chi connectivity index (χ3v) is 3.69. The summed E-state index contributed by atoms with van der Waals surface area (Å²) in [6.45, 7) is 0. The summed E-state index contributed by atoms with van der Waals surface area (Å²) < 4.78 is 9.21. The fourth-order valence-electron chi connectivity index (χ4n) is 1.06. The largest absolute Gasteiger partial charge is 0.469 e. The van der Waals surface area contributed by atoms with E-state index in [0.29, 0.717) is 12.3 Å². The van der Waals surface area contributed by atoms with Crippen molar-refractivity contribution in [2.24, 2.45) is 5.92 Å². The van der Waals surface area contributed by atoms with Gasteiger partial charge >= 0.3 is 5.97 Å². The summed E-state index contributed by atoms with van der Waals surface area (Å²) in [5.74, 6) is 0.487. The van der Waals surface area contributed by atoms with Gasteiger partial charge in [-0.1, -0.05) is 30.8 Å². The van der Waals surface area contributed by atoms with Gasteiger partial charge in [0.05, 0.1) is 7.11 Å². The van der Waals surface area contributed by atoms with E-state index < -0.39 is 0 Å². The first-order valence-corrected chi connectivity index (χ1v) is 6.49. The summed E-state index contributed by atoms with van der Waals surface area (Å²) in [4.78, 5) is 10.8. The van der Waals surface area contributed by atoms with Crippen molar-refractivity contribution in [3.05, 3.63) is 10.2 Å². The van der Waals surface area contributed by atoms with Gasteiger partial charge < -0.3 is 4.74 Å². The SMILES string of the molecule is COC(=O)CCC1C=CI=CC1. The van der Waals surface area contributed by atoms with Gasteiger partial charge in [-0.15, -0.1) is 0 Å². The lowest BCUT2D eigenvalue weighted by molar-refractivity contribution is -0.140. The van der Waals surface area contributed by atoms with E-state index in [1.165, 1.54) is 7.11 Å². The molecule has 68 valence electrons. The molecule has 0 saturated heterocycles. The highest BCUT2D eigenvalue weighted by atomic mass is 127. The normalized spacial score (nSPS) is 21.6. The molecule has 0 aromatic carbocycles. The van der Waals surface area contributed by atoms with Gasteiger partial charge in [-0.05, 0) is 22.8 Å². The van der Waals surface area contributed by atoms with Gasteiger partial charge in [0.2, 0.25) is 0 Å². The fourth-order valence-corrected chi connectivity index (χ4v) is 3.13. The van der Waals surface area contributed by atoms with E-state index in [4.69, 9.17) is 0 Å². The van der Waals surface area contributed by atoms with Crippen LogP contribution in [0.1, 0.15) is 19.3 Å². The monoisotopic (exact) mass is 280 g/mol. The highest BCUT2D eigenvalue weighted by Crippen LogP contribution is 2.19. The molecule has 3 heteroatoms. The average Bonchev–Trinajstić information content (AvgIpc) is 2.16. The summed E-state index contributed by atoms with van der Waals surface area (Å²) in [5, 5.41) is 0. The number of hydrogen-bond donors (Lipinski definition) is 0. The molecule has 1 unspecified atom stereocenters. The highest BCUT2D eigenvalue weighted by molar-refractivity contribution is 14.2. The van der Waals surface area contributed by atoms with Crippen LogP contribution in [0.15, 0.2) is 10.2 Å². The van der Waals surface area contributed by atoms with Crippen LogP contribution in [0.5, 0.6) is 0 Å². The Hall–Kier alpha value is -0.190. The second kappa shape index (κ2) is 5.45. The molecule has 12 heavy (non-hydrogen) atoms. The fraction of sp³-hybridized carbons (Fsp3) is 0.556. The van der Waals surface area contributed by atoms with Gasteiger partial charge in [0.1, 0.15) is 0 Å². The molecule has 0 radical (unpaired) electrons. The summed E-state index contributed by atoms with van der Waals surface area (Å²) in [5.41, 5.74) is 0. The first-order valence-electron chi connectivity index (χ1n) is 4.00. The molecule has 1 aliphatic rings. The van der Waals surface area contributed by atoms with Crippen molar-refractivity contribution in [2.45, 2.75) is 19.3 Å². The Morgan fingerprint density at radius 3 is 3.17 bits per heavy atom. The molecule has 0 spiro atoms. The average molecular weight is 280 g/mol. The number of carbonyl (C=O) groups is 1. The zero-order valence-electron chi connectivity index (χ0n) is 7.13. The molecule has 0 N–H and O–H groups in total. The van der Waals surface area contributed by atoms with Crippen molar-refractivity contribution in [1.82, 2.24) is 0 Å². The first kappa shape index (κ1) is 9.89. The lowest BCUT2D eigenvalue weighted by Crippen LogP contribution is -2.05. The molecule has 0 aromatic heterocycles. The maximum atomic E-state index is 10.8. The number of esters is 1. The van der Waals surface area contributed by atoms with E-state index in [1.807, 2.05) is 0 Å². The lowest BCUT2D eigenvalue weighted by Gasteiger charge is -2.10. The van der Waals surface area contributed by atoms with Crippen LogP contribution >= 0.6 is 20.7 Å². The molecular weight excluding hydrogens is 267 g/mol. The predicted molar refractivity (Wildman–Crippen MR) is 58.6 cm³/mol. The Morgan fingerprint density at radius 2 is 2.58 bits per heavy atom. The molecule has 1 atom stereocenters. The Bertz CT molecular complexity index is 209. The van der Waals surface area contributed by atoms with Crippen LogP contribution < -0.4 is 0 Å². The zero-order chi connectivity index (χ0) is 8.81. The Balaban J connectivity index is 2.19. The summed E-state index contributed by atoms with van der Waals surface area (Å²) in [6.07, 6.45) is 4.89. The van der Waals surface area contributed by atoms with Crippen molar-refractivity contribution < 1.29 is 9.53 Å². The van der Waals surface area contributed by atoms with Crippen LogP contribution in [0.3, 0.4) is 0 Å². The zero-order valence-corrected chi connectivity index (χ0v) is 9.28. The van der Waals surface area contributed by atoms with E-state index in [0.717, 1.165) is 12.8 Å². The van der Waals surface area contributed by atoms with Crippen molar-refractivity contribution in [1.29, 1.82) is 0 Å². The Labute approximate surface area is 82.7 Å². The van der Waals surface area contributed by atoms with E-state index in [9.17, 15) is 4.79 Å². The lowest BCUT2D eigenvalue weighted by atomic mass is 10.0. The second-order valence-electron chi connectivity index (χ2n) is 2.71. The molecule has 0 amide bonds. The molecule has 0 fully saturated rings. The molecule has 0 aromatic rings. The highest BCUT2D eigenvalue weighted by Gasteiger charge is 2.08. The third kappa shape index (κ3) is 3.47. The predicted octanol–water partition coefficient (Wildman–Crippen LogP) is 2.25. The maximum Gasteiger partial charge on any atom is 0.305 e. The number of ether oxygens (including phenoxy) is 1. The topological polar surface area (TPSA) is 26.3 Å². The quantitative estimate of drug-likeness (QED) is 0.585. The van der Waals surface area contributed by atoms with E-state index >= 15 is 0 Å². The number of methoxy groups -OCH3 is 1. The standard InChI is InChI=1S/C9H13IO2/c1-12-9(11)3-2-8-4-6-10-7-5-8/h4,6-8H,2-3,5H2,1H3. The van der Waals surface area contributed by atoms with Gasteiger partial charge in [-0.2, -0.15) is 0 Å². The minimum absolute atomic E-state index is 0.0938. The Morgan fingerprint density at radius 1 is 1.75 bits per heavy atom. The number of halogens is 1. The number of allylic oxidation sites excluding steroid dienone is 1. The summed E-state index contributed by atoms with van der Waals surface area (Å²) in [6, 6.07) is 0. The van der Waals surface area contributed by atoms with Gasteiger partial charge in [0, 0.05) is 6.42 Å². The van der Waals surface area contributed by atoms with Crippen molar-refractivity contribution in [3.8, 4) is 0 Å². The summed E-state index contributed by atoms with van der Waals surface area (Å²) in [7, 11) is 1.44. The van der Waals surface area contributed by atoms with Crippen LogP contribution in [-0.4, -0.2) is 17.1 Å². The van der Waals surface area contributed by atoms with Crippen LogP contribution in [0.4, 0.5) is 0 Å². The summed E-state index contributed by atoms with van der Waals surface area (Å²) >= 11 is 0.235. The second-order valence-corrected chi connectivity index (χ2v) is 5.03. The van der Waals surface area contributed by atoms with Gasteiger partial charge in [-0.25, -0.2) is 0 Å². The third-order valence-electron chi connectivity index (χ3n) is 1.85. The van der Waals surface area contributed by atoms with Gasteiger partial charge in [0.25, 0.3) is 0 Å². The van der Waals surface area contributed by atoms with Crippen LogP contribution in [-0.2, 0) is 9.53 Å². The van der Waals surface area contributed by atoms with Crippen molar-refractivity contribution >= 4 is 30.7 Å². The molecule has 0 bridgehead atoms. The minimum atomic E-state index is -0.0938. The molecule has 0 saturated carbocycles. The maximum absolute atomic E-state index is 10.8. The van der Waals surface area contributed by atoms with E-state index in [-0.39, 0.29) is 26.7 Å². The molecule has 1 aliphatic heterocycles. The first-order chi connectivity index (χ1) is 5.83. The van der Waals surface area contributed by atoms with Gasteiger partial charge in [-0.3, -0.25) is 4.79 Å². The van der Waals surface area contributed by atoms with Gasteiger partial charge in [0.15, 0.2) is 0 Å². The van der Waals surface area contributed by atoms with Crippen molar-refractivity contribution in [3.63, 3.8) is 0 Å². The number of rotatable bonds is 3. The molecule has 1 heterocycles. The molecule has 2 nitrogen and oxygen atoms in total. The number of carbonyl (C=O) groups excluding carboxylic acids is 1. The van der Waals surface area contributed by atoms with E-state index in [1.54, 1.807) is 0 Å². The smallest absolute Gasteiger partial charge is 0.305 e. The molecule has 0 aliphatic carbocycles. The molecule has 1 rings (SSSR count).